The smallest absolute Gasteiger partial charge is 0.167 e. The lowest BCUT2D eigenvalue weighted by Crippen LogP contribution is -2.49. The van der Waals surface area contributed by atoms with Gasteiger partial charge in [-0.1, -0.05) is 28.1 Å². The fourth-order valence-corrected chi connectivity index (χ4v) is 3.19. The maximum Gasteiger partial charge on any atom is 0.167 e. The monoisotopic (exact) mass is 323 g/mol. The van der Waals surface area contributed by atoms with Crippen LogP contribution in [0, 0.1) is 0 Å². The summed E-state index contributed by atoms with van der Waals surface area (Å²) < 4.78 is 6.79. The molecule has 2 unspecified atom stereocenters. The molecule has 0 N–H and O–H groups in total. The van der Waals surface area contributed by atoms with Gasteiger partial charge in [0.1, 0.15) is 6.10 Å². The zero-order chi connectivity index (χ0) is 13.2. The van der Waals surface area contributed by atoms with Crippen molar-refractivity contribution in [3.05, 3.63) is 34.3 Å². The summed E-state index contributed by atoms with van der Waals surface area (Å²) in [7, 11) is 0. The second kappa shape index (κ2) is 5.73. The Morgan fingerprint density at radius 3 is 2.95 bits per heavy atom. The Morgan fingerprint density at radius 1 is 1.37 bits per heavy atom. The second-order valence-electron chi connectivity index (χ2n) is 5.38. The third-order valence-corrected chi connectivity index (χ3v) is 4.57. The number of rotatable bonds is 3. The van der Waals surface area contributed by atoms with E-state index in [-0.39, 0.29) is 11.9 Å². The van der Waals surface area contributed by atoms with Crippen molar-refractivity contribution in [2.45, 2.75) is 31.4 Å². The average Bonchev–Trinajstić information content (AvgIpc) is 2.88. The number of benzene rings is 1. The molecule has 2 aliphatic heterocycles. The molecular weight excluding hydrogens is 306 g/mol. The van der Waals surface area contributed by atoms with Gasteiger partial charge in [-0.25, -0.2) is 0 Å². The van der Waals surface area contributed by atoms with Gasteiger partial charge < -0.3 is 4.74 Å². The molecular formula is C15H18BrNO2. The molecule has 1 aromatic rings. The largest absolute Gasteiger partial charge is 0.367 e. The normalized spacial score (nSPS) is 27.2. The van der Waals surface area contributed by atoms with Gasteiger partial charge in [0.15, 0.2) is 5.78 Å². The molecule has 0 radical (unpaired) electrons. The standard InChI is InChI=1S/C15H18BrNO2/c16-12-5-3-11(4-6-12)8-14(18)15-9-17-7-1-2-13(17)10-19-15/h3-6,13,15H,1-2,7-10H2. The third kappa shape index (κ3) is 3.07. The SMILES string of the molecule is O=C(Cc1ccc(Br)cc1)C1CN2CCCC2CO1. The van der Waals surface area contributed by atoms with Gasteiger partial charge in [-0.2, -0.15) is 0 Å². The van der Waals surface area contributed by atoms with Gasteiger partial charge in [0.05, 0.1) is 6.61 Å². The zero-order valence-corrected chi connectivity index (χ0v) is 12.4. The van der Waals surface area contributed by atoms with Gasteiger partial charge in [-0.3, -0.25) is 9.69 Å². The van der Waals surface area contributed by atoms with Crippen molar-refractivity contribution < 1.29 is 9.53 Å². The minimum Gasteiger partial charge on any atom is -0.367 e. The number of hydrogen-bond acceptors (Lipinski definition) is 3. The van der Waals surface area contributed by atoms with Crippen LogP contribution in [0.3, 0.4) is 0 Å². The Kier molecular flexibility index (Phi) is 4.01. The highest BCUT2D eigenvalue weighted by Crippen LogP contribution is 2.23. The third-order valence-electron chi connectivity index (χ3n) is 4.04. The van der Waals surface area contributed by atoms with Gasteiger partial charge >= 0.3 is 0 Å². The first kappa shape index (κ1) is 13.3. The van der Waals surface area contributed by atoms with E-state index in [0.29, 0.717) is 12.5 Å². The fraction of sp³-hybridized carbons (Fsp3) is 0.533. The van der Waals surface area contributed by atoms with Crippen molar-refractivity contribution in [1.29, 1.82) is 0 Å². The molecule has 3 rings (SSSR count). The van der Waals surface area contributed by atoms with Crippen LogP contribution < -0.4 is 0 Å². The number of ketones is 1. The van der Waals surface area contributed by atoms with Gasteiger partial charge in [0, 0.05) is 23.5 Å². The van der Waals surface area contributed by atoms with Crippen LogP contribution in [0.4, 0.5) is 0 Å². The van der Waals surface area contributed by atoms with E-state index in [4.69, 9.17) is 4.74 Å². The summed E-state index contributed by atoms with van der Waals surface area (Å²) in [6, 6.07) is 8.48. The van der Waals surface area contributed by atoms with E-state index in [2.05, 4.69) is 20.8 Å². The summed E-state index contributed by atoms with van der Waals surface area (Å²) in [5.41, 5.74) is 1.06. The Hall–Kier alpha value is -0.710. The summed E-state index contributed by atoms with van der Waals surface area (Å²) in [5, 5.41) is 0. The topological polar surface area (TPSA) is 29.5 Å². The molecule has 0 amide bonds. The predicted molar refractivity (Wildman–Crippen MR) is 77.2 cm³/mol. The molecule has 19 heavy (non-hydrogen) atoms. The number of carbonyl (C=O) groups is 1. The van der Waals surface area contributed by atoms with Crippen molar-refractivity contribution in [1.82, 2.24) is 4.90 Å². The number of ether oxygens (including phenoxy) is 1. The van der Waals surface area contributed by atoms with Crippen LogP contribution in [-0.4, -0.2) is 42.5 Å². The van der Waals surface area contributed by atoms with Gasteiger partial charge in [-0.15, -0.1) is 0 Å². The molecule has 0 bridgehead atoms. The van der Waals surface area contributed by atoms with E-state index < -0.39 is 0 Å². The predicted octanol–water partition coefficient (Wildman–Crippen LogP) is 2.42. The Morgan fingerprint density at radius 2 is 2.16 bits per heavy atom. The van der Waals surface area contributed by atoms with Crippen molar-refractivity contribution >= 4 is 21.7 Å². The number of nitrogens with zero attached hydrogens (tertiary/aromatic N) is 1. The van der Waals surface area contributed by atoms with Crippen LogP contribution in [0.5, 0.6) is 0 Å². The Balaban J connectivity index is 1.59. The highest BCUT2D eigenvalue weighted by molar-refractivity contribution is 9.10. The van der Waals surface area contributed by atoms with Gasteiger partial charge in [0.2, 0.25) is 0 Å². The summed E-state index contributed by atoms with van der Waals surface area (Å²) in [6.45, 7) is 2.62. The summed E-state index contributed by atoms with van der Waals surface area (Å²) in [5.74, 6) is 0.202. The van der Waals surface area contributed by atoms with Crippen molar-refractivity contribution in [3.63, 3.8) is 0 Å². The first-order valence-electron chi connectivity index (χ1n) is 6.85. The summed E-state index contributed by atoms with van der Waals surface area (Å²) in [4.78, 5) is 14.7. The molecule has 3 nitrogen and oxygen atoms in total. The summed E-state index contributed by atoms with van der Waals surface area (Å²) in [6.07, 6.45) is 2.68. The van der Waals surface area contributed by atoms with E-state index in [1.165, 1.54) is 12.8 Å². The number of Topliss-reactive ketones (excluding diaryl/α,β-unsaturated/α-hetero) is 1. The van der Waals surface area contributed by atoms with Gasteiger partial charge in [0.25, 0.3) is 0 Å². The molecule has 1 aromatic carbocycles. The first-order chi connectivity index (χ1) is 9.22. The lowest BCUT2D eigenvalue weighted by Gasteiger charge is -2.34. The highest BCUT2D eigenvalue weighted by Gasteiger charge is 2.34. The molecule has 2 atom stereocenters. The highest BCUT2D eigenvalue weighted by atomic mass is 79.9. The Labute approximate surface area is 122 Å². The first-order valence-corrected chi connectivity index (χ1v) is 7.64. The quantitative estimate of drug-likeness (QED) is 0.855. The molecule has 102 valence electrons. The number of fused-ring (bicyclic) bond motifs is 1. The van der Waals surface area contributed by atoms with Crippen LogP contribution in [0.1, 0.15) is 18.4 Å². The number of morpholine rings is 1. The van der Waals surface area contributed by atoms with Crippen LogP contribution in [0.25, 0.3) is 0 Å². The summed E-state index contributed by atoms with van der Waals surface area (Å²) >= 11 is 3.40. The second-order valence-corrected chi connectivity index (χ2v) is 6.30. The average molecular weight is 324 g/mol. The number of carbonyl (C=O) groups excluding carboxylic acids is 1. The van der Waals surface area contributed by atoms with Crippen molar-refractivity contribution in [2.24, 2.45) is 0 Å². The maximum absolute atomic E-state index is 12.3. The molecule has 4 heteroatoms. The molecule has 0 saturated carbocycles. The minimum absolute atomic E-state index is 0.202. The zero-order valence-electron chi connectivity index (χ0n) is 10.8. The van der Waals surface area contributed by atoms with E-state index >= 15 is 0 Å². The molecule has 0 aliphatic carbocycles. The number of halogens is 1. The van der Waals surface area contributed by atoms with Crippen molar-refractivity contribution in [2.75, 3.05) is 19.7 Å². The van der Waals surface area contributed by atoms with E-state index in [1.807, 2.05) is 24.3 Å². The van der Waals surface area contributed by atoms with Gasteiger partial charge in [-0.05, 0) is 37.1 Å². The molecule has 0 spiro atoms. The lowest BCUT2D eigenvalue weighted by molar-refractivity contribution is -0.137. The maximum atomic E-state index is 12.3. The fourth-order valence-electron chi connectivity index (χ4n) is 2.93. The lowest BCUT2D eigenvalue weighted by atomic mass is 10.0. The molecule has 0 aromatic heterocycles. The van der Waals surface area contributed by atoms with Crippen LogP contribution >= 0.6 is 15.9 Å². The molecule has 2 saturated heterocycles. The molecule has 2 aliphatic rings. The Bertz CT molecular complexity index is 460. The van der Waals surface area contributed by atoms with E-state index in [9.17, 15) is 4.79 Å². The molecule has 2 fully saturated rings. The van der Waals surface area contributed by atoms with Crippen LogP contribution in [-0.2, 0) is 16.0 Å². The van der Waals surface area contributed by atoms with Crippen LogP contribution in [0.2, 0.25) is 0 Å². The molecule has 2 heterocycles. The minimum atomic E-state index is -0.238. The van der Waals surface area contributed by atoms with Crippen molar-refractivity contribution in [3.8, 4) is 0 Å². The van der Waals surface area contributed by atoms with E-state index in [0.717, 1.165) is 29.7 Å². The van der Waals surface area contributed by atoms with Crippen LogP contribution in [0.15, 0.2) is 28.7 Å². The number of hydrogen-bond donors (Lipinski definition) is 0. The van der Waals surface area contributed by atoms with E-state index in [1.54, 1.807) is 0 Å².